The second-order valence-corrected chi connectivity index (χ2v) is 7.46. The van der Waals surface area contributed by atoms with Crippen molar-refractivity contribution >= 4 is 0 Å². The molecule has 0 heterocycles. The minimum absolute atomic E-state index is 0.803. The lowest BCUT2D eigenvalue weighted by Gasteiger charge is -2.37. The zero-order valence-corrected chi connectivity index (χ0v) is 14.4. The Morgan fingerprint density at radius 2 is 1.43 bits per heavy atom. The van der Waals surface area contributed by atoms with Crippen molar-refractivity contribution in [2.75, 3.05) is 13.2 Å². The molecule has 0 saturated heterocycles. The van der Waals surface area contributed by atoms with Crippen LogP contribution in [0.1, 0.15) is 78.1 Å². The maximum absolute atomic E-state index is 5.75. The van der Waals surface area contributed by atoms with Gasteiger partial charge in [-0.1, -0.05) is 44.8 Å². The zero-order chi connectivity index (χ0) is 14.9. The van der Waals surface area contributed by atoms with E-state index in [9.17, 15) is 0 Å². The smallest absolute Gasteiger partial charge is 0.0647 e. The van der Waals surface area contributed by atoms with Crippen LogP contribution in [0.25, 0.3) is 0 Å². The third-order valence-corrected chi connectivity index (χ3v) is 5.95. The van der Waals surface area contributed by atoms with Gasteiger partial charge in [-0.3, -0.25) is 0 Å². The summed E-state index contributed by atoms with van der Waals surface area (Å²) in [5.41, 5.74) is 0. The van der Waals surface area contributed by atoms with Gasteiger partial charge in [0.25, 0.3) is 0 Å². The molecule has 0 bridgehead atoms. The predicted molar refractivity (Wildman–Crippen MR) is 91.4 cm³/mol. The molecule has 1 heteroatoms. The van der Waals surface area contributed by atoms with Crippen LogP contribution in [0.4, 0.5) is 0 Å². The molecule has 0 radical (unpaired) electrons. The molecule has 0 spiro atoms. The number of hydrogen-bond donors (Lipinski definition) is 0. The molecule has 0 aliphatic heterocycles. The molecule has 0 N–H and O–H groups in total. The van der Waals surface area contributed by atoms with Crippen LogP contribution in [0.3, 0.4) is 0 Å². The Kier molecular flexibility index (Phi) is 7.85. The standard InChI is InChI=1S/C20H36O/c1-3-5-15-21-16-18-9-13-20(14-10-18)19-11-7-17(6-4-2)8-12-19/h3,5,17-20H,4,6-16H2,1-2H3/b5-3-. The second kappa shape index (κ2) is 9.66. The van der Waals surface area contributed by atoms with Gasteiger partial charge < -0.3 is 4.74 Å². The van der Waals surface area contributed by atoms with E-state index in [1.54, 1.807) is 0 Å². The second-order valence-electron chi connectivity index (χ2n) is 7.46. The number of rotatable bonds is 7. The Morgan fingerprint density at radius 3 is 1.95 bits per heavy atom. The van der Waals surface area contributed by atoms with Crippen LogP contribution in [0, 0.1) is 23.7 Å². The Morgan fingerprint density at radius 1 is 0.857 bits per heavy atom. The van der Waals surface area contributed by atoms with E-state index in [-0.39, 0.29) is 0 Å². The lowest BCUT2D eigenvalue weighted by atomic mass is 9.69. The lowest BCUT2D eigenvalue weighted by Crippen LogP contribution is -2.27. The van der Waals surface area contributed by atoms with Crippen LogP contribution < -0.4 is 0 Å². The highest BCUT2D eigenvalue weighted by molar-refractivity contribution is 4.82. The molecule has 2 aliphatic carbocycles. The van der Waals surface area contributed by atoms with Crippen molar-refractivity contribution in [3.05, 3.63) is 12.2 Å². The summed E-state index contributed by atoms with van der Waals surface area (Å²) in [6.45, 7) is 6.19. The van der Waals surface area contributed by atoms with Crippen molar-refractivity contribution < 1.29 is 4.74 Å². The van der Waals surface area contributed by atoms with Gasteiger partial charge in [0, 0.05) is 6.61 Å². The van der Waals surface area contributed by atoms with Crippen LogP contribution in [-0.4, -0.2) is 13.2 Å². The predicted octanol–water partition coefficient (Wildman–Crippen LogP) is 5.99. The largest absolute Gasteiger partial charge is 0.377 e. The molecule has 0 amide bonds. The minimum Gasteiger partial charge on any atom is -0.377 e. The van der Waals surface area contributed by atoms with Gasteiger partial charge in [0.05, 0.1) is 6.61 Å². The summed E-state index contributed by atoms with van der Waals surface area (Å²) in [5, 5.41) is 0. The summed E-state index contributed by atoms with van der Waals surface area (Å²) < 4.78 is 5.75. The van der Waals surface area contributed by atoms with Gasteiger partial charge in [0.2, 0.25) is 0 Å². The molecule has 2 fully saturated rings. The van der Waals surface area contributed by atoms with Crippen molar-refractivity contribution in [3.8, 4) is 0 Å². The van der Waals surface area contributed by atoms with Crippen LogP contribution in [-0.2, 0) is 4.74 Å². The lowest BCUT2D eigenvalue weighted by molar-refractivity contribution is 0.0779. The zero-order valence-electron chi connectivity index (χ0n) is 14.4. The minimum atomic E-state index is 0.803. The monoisotopic (exact) mass is 292 g/mol. The van der Waals surface area contributed by atoms with Crippen molar-refractivity contribution in [3.63, 3.8) is 0 Å². The highest BCUT2D eigenvalue weighted by Gasteiger charge is 2.30. The Balaban J connectivity index is 1.61. The fraction of sp³-hybridized carbons (Fsp3) is 0.900. The first-order valence-electron chi connectivity index (χ1n) is 9.52. The summed E-state index contributed by atoms with van der Waals surface area (Å²) in [4.78, 5) is 0. The van der Waals surface area contributed by atoms with Gasteiger partial charge in [0.15, 0.2) is 0 Å². The van der Waals surface area contributed by atoms with E-state index < -0.39 is 0 Å². The van der Waals surface area contributed by atoms with Crippen LogP contribution >= 0.6 is 0 Å². The van der Waals surface area contributed by atoms with E-state index in [1.165, 1.54) is 64.2 Å². The average molecular weight is 293 g/mol. The molecule has 2 rings (SSSR count). The van der Waals surface area contributed by atoms with Crippen molar-refractivity contribution in [1.29, 1.82) is 0 Å². The molecule has 0 atom stereocenters. The first-order chi connectivity index (χ1) is 10.3. The van der Waals surface area contributed by atoms with Gasteiger partial charge >= 0.3 is 0 Å². The van der Waals surface area contributed by atoms with Crippen LogP contribution in [0.5, 0.6) is 0 Å². The van der Waals surface area contributed by atoms with Gasteiger partial charge in [0.1, 0.15) is 0 Å². The summed E-state index contributed by atoms with van der Waals surface area (Å²) in [6, 6.07) is 0. The number of ether oxygens (including phenoxy) is 1. The highest BCUT2D eigenvalue weighted by atomic mass is 16.5. The molecule has 1 nitrogen and oxygen atoms in total. The first kappa shape index (κ1) is 17.1. The summed E-state index contributed by atoms with van der Waals surface area (Å²) in [6.07, 6.45) is 18.9. The fourth-order valence-corrected chi connectivity index (χ4v) is 4.58. The van der Waals surface area contributed by atoms with Crippen molar-refractivity contribution in [2.24, 2.45) is 23.7 Å². The Hall–Kier alpha value is -0.300. The molecule has 2 aliphatic rings. The number of hydrogen-bond acceptors (Lipinski definition) is 1. The maximum atomic E-state index is 5.75. The van der Waals surface area contributed by atoms with Gasteiger partial charge in [-0.15, -0.1) is 0 Å². The Labute approximate surface area is 132 Å². The molecule has 122 valence electrons. The molecule has 0 unspecified atom stereocenters. The molecular weight excluding hydrogens is 256 g/mol. The summed E-state index contributed by atoms with van der Waals surface area (Å²) in [7, 11) is 0. The van der Waals surface area contributed by atoms with E-state index in [0.29, 0.717) is 0 Å². The van der Waals surface area contributed by atoms with Gasteiger partial charge in [-0.2, -0.15) is 0 Å². The van der Waals surface area contributed by atoms with Gasteiger partial charge in [-0.05, 0) is 69.1 Å². The Bertz CT molecular complexity index is 280. The van der Waals surface area contributed by atoms with E-state index >= 15 is 0 Å². The third kappa shape index (κ3) is 5.77. The van der Waals surface area contributed by atoms with Crippen molar-refractivity contribution in [2.45, 2.75) is 78.1 Å². The highest BCUT2D eigenvalue weighted by Crippen LogP contribution is 2.42. The molecular formula is C20H36O. The van der Waals surface area contributed by atoms with Crippen molar-refractivity contribution in [1.82, 2.24) is 0 Å². The van der Waals surface area contributed by atoms with E-state index in [2.05, 4.69) is 26.0 Å². The van der Waals surface area contributed by atoms with Crippen LogP contribution in [0.2, 0.25) is 0 Å². The van der Waals surface area contributed by atoms with Crippen LogP contribution in [0.15, 0.2) is 12.2 Å². The quantitative estimate of drug-likeness (QED) is 0.413. The molecule has 0 aromatic carbocycles. The SMILES string of the molecule is C/C=C\COCC1CCC(C2CCC(CCC)CC2)CC1. The number of allylic oxidation sites excluding steroid dienone is 1. The molecule has 0 aromatic rings. The summed E-state index contributed by atoms with van der Waals surface area (Å²) >= 11 is 0. The molecule has 2 saturated carbocycles. The topological polar surface area (TPSA) is 9.23 Å². The molecule has 0 aromatic heterocycles. The maximum Gasteiger partial charge on any atom is 0.0647 e. The average Bonchev–Trinajstić information content (AvgIpc) is 2.53. The summed E-state index contributed by atoms with van der Waals surface area (Å²) in [5.74, 6) is 3.99. The fourth-order valence-electron chi connectivity index (χ4n) is 4.58. The molecule has 21 heavy (non-hydrogen) atoms. The van der Waals surface area contributed by atoms with E-state index in [1.807, 2.05) is 0 Å². The third-order valence-electron chi connectivity index (χ3n) is 5.95. The normalized spacial score (nSPS) is 34.4. The first-order valence-corrected chi connectivity index (χ1v) is 9.52. The van der Waals surface area contributed by atoms with E-state index in [0.717, 1.165) is 36.9 Å². The van der Waals surface area contributed by atoms with Gasteiger partial charge in [-0.25, -0.2) is 0 Å². The van der Waals surface area contributed by atoms with E-state index in [4.69, 9.17) is 4.74 Å².